The van der Waals surface area contributed by atoms with Gasteiger partial charge in [-0.25, -0.2) is 18.6 Å². The zero-order chi connectivity index (χ0) is 10.0. The molecule has 0 aliphatic carbocycles. The van der Waals surface area contributed by atoms with E-state index in [4.69, 9.17) is 10.2 Å². The third-order valence-electron chi connectivity index (χ3n) is 1.37. The zero-order valence-corrected chi connectivity index (χ0v) is 6.24. The SMILES string of the molecule is O=C(O)c1cc(C(F)F)c(O)cn1. The number of aromatic hydroxyl groups is 1. The molecule has 0 unspecified atom stereocenters. The van der Waals surface area contributed by atoms with Gasteiger partial charge in [0.05, 0.1) is 11.8 Å². The number of hydrogen-bond donors (Lipinski definition) is 2. The van der Waals surface area contributed by atoms with Crippen LogP contribution >= 0.6 is 0 Å². The van der Waals surface area contributed by atoms with E-state index in [0.717, 1.165) is 0 Å². The van der Waals surface area contributed by atoms with Gasteiger partial charge in [0.1, 0.15) is 11.4 Å². The van der Waals surface area contributed by atoms with Gasteiger partial charge in [0, 0.05) is 0 Å². The Morgan fingerprint density at radius 2 is 2.15 bits per heavy atom. The summed E-state index contributed by atoms with van der Waals surface area (Å²) in [6.45, 7) is 0. The lowest BCUT2D eigenvalue weighted by molar-refractivity contribution is 0.0690. The highest BCUT2D eigenvalue weighted by molar-refractivity contribution is 5.85. The number of pyridine rings is 1. The number of aromatic nitrogens is 1. The van der Waals surface area contributed by atoms with Crippen LogP contribution in [0.4, 0.5) is 8.78 Å². The van der Waals surface area contributed by atoms with Crippen molar-refractivity contribution in [3.05, 3.63) is 23.5 Å². The van der Waals surface area contributed by atoms with E-state index in [1.165, 1.54) is 0 Å². The Labute approximate surface area is 71.5 Å². The van der Waals surface area contributed by atoms with Crippen molar-refractivity contribution in [2.24, 2.45) is 0 Å². The molecule has 0 fully saturated rings. The molecule has 1 aromatic heterocycles. The zero-order valence-electron chi connectivity index (χ0n) is 6.24. The van der Waals surface area contributed by atoms with Gasteiger partial charge < -0.3 is 10.2 Å². The molecule has 0 bridgehead atoms. The number of carbonyl (C=O) groups is 1. The van der Waals surface area contributed by atoms with Crippen LogP contribution in [-0.4, -0.2) is 21.2 Å². The summed E-state index contributed by atoms with van der Waals surface area (Å²) in [6, 6.07) is 0.641. The van der Waals surface area contributed by atoms with Crippen LogP contribution in [0.5, 0.6) is 5.75 Å². The summed E-state index contributed by atoms with van der Waals surface area (Å²) in [6.07, 6.45) is -2.23. The highest BCUT2D eigenvalue weighted by Crippen LogP contribution is 2.27. The van der Waals surface area contributed by atoms with Crippen LogP contribution in [0, 0.1) is 0 Å². The molecular formula is C7H5F2NO3. The number of nitrogens with zero attached hydrogens (tertiary/aromatic N) is 1. The van der Waals surface area contributed by atoms with Crippen LogP contribution in [0.25, 0.3) is 0 Å². The molecule has 0 saturated heterocycles. The van der Waals surface area contributed by atoms with Crippen molar-refractivity contribution in [1.29, 1.82) is 0 Å². The molecule has 0 aliphatic heterocycles. The van der Waals surface area contributed by atoms with Crippen molar-refractivity contribution in [2.75, 3.05) is 0 Å². The summed E-state index contributed by atoms with van der Waals surface area (Å²) in [5, 5.41) is 17.2. The smallest absolute Gasteiger partial charge is 0.354 e. The molecule has 1 heterocycles. The van der Waals surface area contributed by atoms with E-state index in [1.807, 2.05) is 0 Å². The van der Waals surface area contributed by atoms with E-state index in [2.05, 4.69) is 4.98 Å². The Morgan fingerprint density at radius 3 is 2.62 bits per heavy atom. The second kappa shape index (κ2) is 3.34. The molecule has 70 valence electrons. The molecule has 0 aliphatic rings. The molecule has 6 heteroatoms. The maximum Gasteiger partial charge on any atom is 0.354 e. The van der Waals surface area contributed by atoms with E-state index in [0.29, 0.717) is 12.3 Å². The van der Waals surface area contributed by atoms with Crippen LogP contribution in [0.1, 0.15) is 22.5 Å². The standard InChI is InChI=1S/C7H5F2NO3/c8-6(9)3-1-4(7(12)13)10-2-5(3)11/h1-2,6,11H,(H,12,13). The van der Waals surface area contributed by atoms with Crippen molar-refractivity contribution in [2.45, 2.75) is 6.43 Å². The van der Waals surface area contributed by atoms with Gasteiger partial charge in [0.25, 0.3) is 6.43 Å². The van der Waals surface area contributed by atoms with Gasteiger partial charge in [0.2, 0.25) is 0 Å². The minimum absolute atomic E-state index is 0.520. The minimum atomic E-state index is -2.92. The lowest BCUT2D eigenvalue weighted by atomic mass is 10.2. The Balaban J connectivity index is 3.19. The largest absolute Gasteiger partial charge is 0.506 e. The number of hydrogen-bond acceptors (Lipinski definition) is 3. The first-order valence-electron chi connectivity index (χ1n) is 3.22. The first-order chi connectivity index (χ1) is 6.02. The molecule has 0 aromatic carbocycles. The van der Waals surface area contributed by atoms with E-state index < -0.39 is 29.4 Å². The molecule has 13 heavy (non-hydrogen) atoms. The maximum absolute atomic E-state index is 12.1. The fourth-order valence-corrected chi connectivity index (χ4v) is 0.755. The molecule has 2 N–H and O–H groups in total. The number of carboxylic acid groups (broad SMARTS) is 1. The minimum Gasteiger partial charge on any atom is -0.506 e. The molecule has 0 radical (unpaired) electrons. The van der Waals surface area contributed by atoms with Gasteiger partial charge in [-0.3, -0.25) is 0 Å². The molecule has 0 spiro atoms. The van der Waals surface area contributed by atoms with Crippen molar-refractivity contribution in [1.82, 2.24) is 4.98 Å². The lowest BCUT2D eigenvalue weighted by Crippen LogP contribution is -2.01. The monoisotopic (exact) mass is 189 g/mol. The molecule has 0 saturated carbocycles. The van der Waals surface area contributed by atoms with Crippen LogP contribution in [-0.2, 0) is 0 Å². The third kappa shape index (κ3) is 1.90. The average Bonchev–Trinajstić information content (AvgIpc) is 2.04. The predicted molar refractivity (Wildman–Crippen MR) is 37.8 cm³/mol. The quantitative estimate of drug-likeness (QED) is 0.738. The molecule has 0 atom stereocenters. The molecule has 1 aromatic rings. The summed E-state index contributed by atoms with van der Waals surface area (Å²) < 4.78 is 24.2. The van der Waals surface area contributed by atoms with Crippen LogP contribution in [0.15, 0.2) is 12.3 Å². The summed E-state index contributed by atoms with van der Waals surface area (Å²) >= 11 is 0. The normalized spacial score (nSPS) is 10.4. The number of rotatable bonds is 2. The van der Waals surface area contributed by atoms with E-state index >= 15 is 0 Å². The topological polar surface area (TPSA) is 70.4 Å². The first-order valence-corrected chi connectivity index (χ1v) is 3.22. The van der Waals surface area contributed by atoms with E-state index in [-0.39, 0.29) is 0 Å². The number of alkyl halides is 2. The summed E-state index contributed by atoms with van der Waals surface area (Å²) in [7, 11) is 0. The fourth-order valence-electron chi connectivity index (χ4n) is 0.755. The van der Waals surface area contributed by atoms with Gasteiger partial charge in [-0.05, 0) is 6.07 Å². The highest BCUT2D eigenvalue weighted by atomic mass is 19.3. The van der Waals surface area contributed by atoms with Crippen molar-refractivity contribution in [3.63, 3.8) is 0 Å². The first kappa shape index (κ1) is 9.37. The van der Waals surface area contributed by atoms with Gasteiger partial charge in [-0.1, -0.05) is 0 Å². The number of halogens is 2. The molecule has 0 amide bonds. The van der Waals surface area contributed by atoms with Crippen molar-refractivity contribution >= 4 is 5.97 Å². The maximum atomic E-state index is 12.1. The van der Waals surface area contributed by atoms with Gasteiger partial charge in [0.15, 0.2) is 0 Å². The van der Waals surface area contributed by atoms with Gasteiger partial charge >= 0.3 is 5.97 Å². The Hall–Kier alpha value is -1.72. The predicted octanol–water partition coefficient (Wildman–Crippen LogP) is 1.42. The van der Waals surface area contributed by atoms with Gasteiger partial charge in [-0.2, -0.15) is 0 Å². The van der Waals surface area contributed by atoms with Crippen molar-refractivity contribution in [3.8, 4) is 5.75 Å². The molecule has 4 nitrogen and oxygen atoms in total. The summed E-state index contributed by atoms with van der Waals surface area (Å²) in [4.78, 5) is 13.5. The summed E-state index contributed by atoms with van der Waals surface area (Å²) in [5.41, 5.74) is -1.25. The fraction of sp³-hybridized carbons (Fsp3) is 0.143. The van der Waals surface area contributed by atoms with Crippen LogP contribution in [0.2, 0.25) is 0 Å². The lowest BCUT2D eigenvalue weighted by Gasteiger charge is -2.02. The second-order valence-electron chi connectivity index (χ2n) is 2.23. The van der Waals surface area contributed by atoms with Gasteiger partial charge in [-0.15, -0.1) is 0 Å². The van der Waals surface area contributed by atoms with Crippen LogP contribution in [0.3, 0.4) is 0 Å². The number of carboxylic acids is 1. The average molecular weight is 189 g/mol. The molecular weight excluding hydrogens is 184 g/mol. The number of aromatic carboxylic acids is 1. The Bertz CT molecular complexity index is 341. The van der Waals surface area contributed by atoms with Crippen molar-refractivity contribution < 1.29 is 23.8 Å². The molecule has 1 rings (SSSR count). The third-order valence-corrected chi connectivity index (χ3v) is 1.37. The Morgan fingerprint density at radius 1 is 1.54 bits per heavy atom. The second-order valence-corrected chi connectivity index (χ2v) is 2.23. The van der Waals surface area contributed by atoms with E-state index in [9.17, 15) is 13.6 Å². The highest BCUT2D eigenvalue weighted by Gasteiger charge is 2.16. The van der Waals surface area contributed by atoms with Crippen LogP contribution < -0.4 is 0 Å². The summed E-state index contributed by atoms with van der Waals surface area (Å²) in [5.74, 6) is -2.12. The Kier molecular flexibility index (Phi) is 2.41. The van der Waals surface area contributed by atoms with E-state index in [1.54, 1.807) is 0 Å².